The van der Waals surface area contributed by atoms with Crippen molar-refractivity contribution in [3.05, 3.63) is 111 Å². The van der Waals surface area contributed by atoms with E-state index in [2.05, 4.69) is 0 Å². The summed E-state index contributed by atoms with van der Waals surface area (Å²) in [6, 6.07) is 19.4. The van der Waals surface area contributed by atoms with Gasteiger partial charge in [0.15, 0.2) is 5.43 Å². The molecule has 0 unspecified atom stereocenters. The van der Waals surface area contributed by atoms with E-state index in [9.17, 15) is 14.7 Å². The van der Waals surface area contributed by atoms with E-state index in [1.807, 2.05) is 56.3 Å². The fraction of sp³-hybridized carbons (Fsp3) is 0.154. The van der Waals surface area contributed by atoms with Crippen molar-refractivity contribution in [3.63, 3.8) is 0 Å². The van der Waals surface area contributed by atoms with Gasteiger partial charge in [-0.1, -0.05) is 48.5 Å². The fourth-order valence-electron chi connectivity index (χ4n) is 4.46. The molecule has 0 radical (unpaired) electrons. The molecule has 0 saturated heterocycles. The molecule has 0 aliphatic carbocycles. The van der Waals surface area contributed by atoms with Gasteiger partial charge in [0.05, 0.1) is 17.0 Å². The highest BCUT2D eigenvalue weighted by atomic mass is 16.3. The van der Waals surface area contributed by atoms with Gasteiger partial charge in [-0.2, -0.15) is 0 Å². The molecule has 2 heterocycles. The predicted molar refractivity (Wildman–Crippen MR) is 118 cm³/mol. The van der Waals surface area contributed by atoms with E-state index in [0.29, 0.717) is 28.6 Å². The summed E-state index contributed by atoms with van der Waals surface area (Å²) in [5, 5.41) is 10.5. The molecule has 1 N–H and O–H groups in total. The lowest BCUT2D eigenvalue weighted by Crippen LogP contribution is -2.29. The quantitative estimate of drug-likeness (QED) is 0.523. The van der Waals surface area contributed by atoms with Crippen molar-refractivity contribution in [2.75, 3.05) is 0 Å². The first-order valence-electron chi connectivity index (χ1n) is 10.2. The first-order chi connectivity index (χ1) is 14.9. The minimum Gasteiger partial charge on any atom is -0.508 e. The number of hydrogen-bond donors (Lipinski definition) is 1. The zero-order valence-electron chi connectivity index (χ0n) is 17.3. The summed E-state index contributed by atoms with van der Waals surface area (Å²) in [5.41, 5.74) is 3.94. The van der Waals surface area contributed by atoms with Crippen LogP contribution in [0.5, 0.6) is 5.75 Å². The van der Waals surface area contributed by atoms with E-state index in [-0.39, 0.29) is 22.8 Å². The van der Waals surface area contributed by atoms with Gasteiger partial charge in [-0.3, -0.25) is 9.59 Å². The molecule has 0 saturated carbocycles. The Morgan fingerprint density at radius 3 is 2.48 bits per heavy atom. The number of amides is 1. The topological polar surface area (TPSA) is 70.8 Å². The lowest BCUT2D eigenvalue weighted by atomic mass is 9.97. The molecule has 5 rings (SSSR count). The summed E-state index contributed by atoms with van der Waals surface area (Å²) >= 11 is 0. The Kier molecular flexibility index (Phi) is 4.40. The number of carbonyl (C=O) groups is 1. The number of phenols is 1. The monoisotopic (exact) mass is 411 g/mol. The average Bonchev–Trinajstić information content (AvgIpc) is 3.02. The van der Waals surface area contributed by atoms with Gasteiger partial charge in [-0.15, -0.1) is 0 Å². The number of benzene rings is 3. The summed E-state index contributed by atoms with van der Waals surface area (Å²) in [4.78, 5) is 28.7. The first-order valence-corrected chi connectivity index (χ1v) is 10.2. The van der Waals surface area contributed by atoms with Crippen LogP contribution in [0.4, 0.5) is 0 Å². The number of hydrogen-bond acceptors (Lipinski definition) is 4. The van der Waals surface area contributed by atoms with Crippen LogP contribution >= 0.6 is 0 Å². The van der Waals surface area contributed by atoms with Gasteiger partial charge in [0, 0.05) is 6.54 Å². The predicted octanol–water partition coefficient (Wildman–Crippen LogP) is 4.86. The van der Waals surface area contributed by atoms with Crippen LogP contribution in [0.15, 0.2) is 75.9 Å². The van der Waals surface area contributed by atoms with Crippen molar-refractivity contribution in [2.24, 2.45) is 0 Å². The highest BCUT2D eigenvalue weighted by Gasteiger charge is 2.42. The second kappa shape index (κ2) is 7.13. The molecule has 1 aromatic heterocycles. The zero-order valence-corrected chi connectivity index (χ0v) is 17.3. The highest BCUT2D eigenvalue weighted by Crippen LogP contribution is 2.40. The fourth-order valence-corrected chi connectivity index (χ4v) is 4.46. The van der Waals surface area contributed by atoms with Crippen LogP contribution in [-0.2, 0) is 6.54 Å². The molecule has 154 valence electrons. The normalized spacial score (nSPS) is 15.5. The summed E-state index contributed by atoms with van der Waals surface area (Å²) in [5.74, 6) is -0.171. The minimum absolute atomic E-state index is 0.0775. The molecule has 5 nitrogen and oxygen atoms in total. The van der Waals surface area contributed by atoms with Gasteiger partial charge < -0.3 is 14.4 Å². The number of carbonyl (C=O) groups excluding carboxylic acids is 1. The number of aryl methyl sites for hydroxylation is 2. The highest BCUT2D eigenvalue weighted by molar-refractivity contribution is 5.99. The molecule has 31 heavy (non-hydrogen) atoms. The van der Waals surface area contributed by atoms with E-state index in [4.69, 9.17) is 4.42 Å². The number of aromatic hydroxyl groups is 1. The van der Waals surface area contributed by atoms with Crippen LogP contribution in [0.2, 0.25) is 0 Å². The SMILES string of the molecule is Cc1cc(C)c2oc3c(c(=O)c2c1)[C@H](c1cccc(O)c1)N(Cc1ccccc1)C3=O. The van der Waals surface area contributed by atoms with E-state index in [0.717, 1.165) is 16.7 Å². The number of nitrogens with zero attached hydrogens (tertiary/aromatic N) is 1. The van der Waals surface area contributed by atoms with Crippen molar-refractivity contribution >= 4 is 16.9 Å². The Bertz CT molecular complexity index is 1390. The third-order valence-corrected chi connectivity index (χ3v) is 5.78. The second-order valence-electron chi connectivity index (χ2n) is 8.05. The summed E-state index contributed by atoms with van der Waals surface area (Å²) in [6.45, 7) is 4.12. The molecular weight excluding hydrogens is 390 g/mol. The van der Waals surface area contributed by atoms with Gasteiger partial charge >= 0.3 is 0 Å². The van der Waals surface area contributed by atoms with Crippen LogP contribution < -0.4 is 5.43 Å². The Labute approximate surface area is 179 Å². The maximum atomic E-state index is 13.6. The van der Waals surface area contributed by atoms with Crippen LogP contribution in [0.3, 0.4) is 0 Å². The molecule has 1 aliphatic heterocycles. The lowest BCUT2D eigenvalue weighted by Gasteiger charge is -2.25. The van der Waals surface area contributed by atoms with Crippen molar-refractivity contribution < 1.29 is 14.3 Å². The van der Waals surface area contributed by atoms with Crippen LogP contribution in [0.1, 0.15) is 44.4 Å². The molecule has 3 aromatic carbocycles. The molecule has 1 amide bonds. The second-order valence-corrected chi connectivity index (χ2v) is 8.05. The molecule has 0 fully saturated rings. The minimum atomic E-state index is -0.642. The maximum absolute atomic E-state index is 13.6. The summed E-state index contributed by atoms with van der Waals surface area (Å²) < 4.78 is 6.08. The van der Waals surface area contributed by atoms with E-state index in [1.165, 1.54) is 0 Å². The van der Waals surface area contributed by atoms with Gasteiger partial charge in [-0.25, -0.2) is 0 Å². The molecule has 4 aromatic rings. The first kappa shape index (κ1) is 19.1. The number of rotatable bonds is 3. The van der Waals surface area contributed by atoms with Gasteiger partial charge in [-0.05, 0) is 54.3 Å². The molecule has 5 heteroatoms. The summed E-state index contributed by atoms with van der Waals surface area (Å²) in [6.07, 6.45) is 0. The van der Waals surface area contributed by atoms with E-state index >= 15 is 0 Å². The Balaban J connectivity index is 1.77. The van der Waals surface area contributed by atoms with E-state index < -0.39 is 6.04 Å². The van der Waals surface area contributed by atoms with Gasteiger partial charge in [0.2, 0.25) is 5.76 Å². The van der Waals surface area contributed by atoms with Crippen molar-refractivity contribution in [3.8, 4) is 5.75 Å². The molecule has 0 spiro atoms. The molecule has 1 atom stereocenters. The lowest BCUT2D eigenvalue weighted by molar-refractivity contribution is 0.0714. The van der Waals surface area contributed by atoms with Crippen LogP contribution in [-0.4, -0.2) is 15.9 Å². The zero-order chi connectivity index (χ0) is 21.7. The van der Waals surface area contributed by atoms with Crippen molar-refractivity contribution in [1.82, 2.24) is 4.90 Å². The maximum Gasteiger partial charge on any atom is 0.291 e. The van der Waals surface area contributed by atoms with Crippen LogP contribution in [0, 0.1) is 13.8 Å². The average molecular weight is 411 g/mol. The number of phenolic OH excluding ortho intramolecular Hbond substituents is 1. The van der Waals surface area contributed by atoms with Crippen LogP contribution in [0.25, 0.3) is 11.0 Å². The third kappa shape index (κ3) is 3.10. The standard InChI is InChI=1S/C26H21NO4/c1-15-11-16(2)24-20(12-15)23(29)21-22(18-9-6-10-19(28)13-18)27(26(30)25(21)31-24)14-17-7-4-3-5-8-17/h3-13,22,28H,14H2,1-2H3/t22-/m0/s1. The third-order valence-electron chi connectivity index (χ3n) is 5.78. The van der Waals surface area contributed by atoms with Crippen molar-refractivity contribution in [2.45, 2.75) is 26.4 Å². The Morgan fingerprint density at radius 1 is 0.968 bits per heavy atom. The van der Waals surface area contributed by atoms with Crippen molar-refractivity contribution in [1.29, 1.82) is 0 Å². The largest absolute Gasteiger partial charge is 0.508 e. The smallest absolute Gasteiger partial charge is 0.291 e. The number of fused-ring (bicyclic) bond motifs is 2. The molecule has 0 bridgehead atoms. The molecular formula is C26H21NO4. The summed E-state index contributed by atoms with van der Waals surface area (Å²) in [7, 11) is 0. The van der Waals surface area contributed by atoms with Gasteiger partial charge in [0.1, 0.15) is 11.3 Å². The Hall–Kier alpha value is -3.86. The van der Waals surface area contributed by atoms with E-state index in [1.54, 1.807) is 29.2 Å². The van der Waals surface area contributed by atoms with Gasteiger partial charge in [0.25, 0.3) is 5.91 Å². The Morgan fingerprint density at radius 2 is 1.74 bits per heavy atom. The molecule has 1 aliphatic rings.